The molecule has 0 aliphatic carbocycles. The molecule has 192 valence electrons. The van der Waals surface area contributed by atoms with Crippen LogP contribution < -0.4 is 10.1 Å². The van der Waals surface area contributed by atoms with Gasteiger partial charge in [0.05, 0.1) is 6.54 Å². The lowest BCUT2D eigenvalue weighted by molar-refractivity contribution is -0.149. The number of carbonyl (C=O) groups excluding carboxylic acids is 1. The summed E-state index contributed by atoms with van der Waals surface area (Å²) in [5.41, 5.74) is 2.77. The first-order valence-electron chi connectivity index (χ1n) is 12.2. The van der Waals surface area contributed by atoms with Crippen LogP contribution in [0.15, 0.2) is 48.5 Å². The van der Waals surface area contributed by atoms with E-state index >= 15 is 0 Å². The molecular formula is C27H38N2O5S. The van der Waals surface area contributed by atoms with E-state index in [0.717, 1.165) is 28.3 Å². The van der Waals surface area contributed by atoms with Gasteiger partial charge in [-0.15, -0.1) is 0 Å². The summed E-state index contributed by atoms with van der Waals surface area (Å²) in [5, 5.41) is 12.2. The number of rotatable bonds is 16. The van der Waals surface area contributed by atoms with Gasteiger partial charge in [-0.2, -0.15) is 11.8 Å². The maximum absolute atomic E-state index is 12.9. The van der Waals surface area contributed by atoms with Crippen LogP contribution in [0.4, 0.5) is 10.5 Å². The second-order valence-electron chi connectivity index (χ2n) is 8.23. The quantitative estimate of drug-likeness (QED) is 0.296. The highest BCUT2D eigenvalue weighted by Gasteiger charge is 2.18. The van der Waals surface area contributed by atoms with E-state index in [0.29, 0.717) is 38.5 Å². The molecule has 0 saturated carbocycles. The van der Waals surface area contributed by atoms with Gasteiger partial charge in [-0.1, -0.05) is 43.2 Å². The molecular weight excluding hydrogens is 464 g/mol. The van der Waals surface area contributed by atoms with E-state index in [-0.39, 0.29) is 6.03 Å². The first-order chi connectivity index (χ1) is 16.9. The molecule has 0 spiro atoms. The van der Waals surface area contributed by atoms with Gasteiger partial charge in [-0.05, 0) is 55.9 Å². The Morgan fingerprint density at radius 1 is 1.03 bits per heavy atom. The van der Waals surface area contributed by atoms with Gasteiger partial charge in [0.1, 0.15) is 12.4 Å². The smallest absolute Gasteiger partial charge is 0.333 e. The van der Waals surface area contributed by atoms with Crippen molar-refractivity contribution in [3.05, 3.63) is 59.7 Å². The highest BCUT2D eigenvalue weighted by Crippen LogP contribution is 2.15. The molecule has 1 unspecified atom stereocenters. The minimum atomic E-state index is -0.968. The molecule has 1 atom stereocenters. The molecule has 0 heterocycles. The second-order valence-corrected chi connectivity index (χ2v) is 9.45. The van der Waals surface area contributed by atoms with Gasteiger partial charge in [0.15, 0.2) is 6.10 Å². The summed E-state index contributed by atoms with van der Waals surface area (Å²) in [4.78, 5) is 26.0. The number of nitrogens with one attached hydrogen (secondary N) is 1. The van der Waals surface area contributed by atoms with Crippen molar-refractivity contribution in [2.45, 2.75) is 46.1 Å². The van der Waals surface area contributed by atoms with Gasteiger partial charge in [0.25, 0.3) is 0 Å². The average molecular weight is 503 g/mol. The van der Waals surface area contributed by atoms with Crippen molar-refractivity contribution in [2.24, 2.45) is 0 Å². The monoisotopic (exact) mass is 502 g/mol. The second kappa shape index (κ2) is 16.1. The third kappa shape index (κ3) is 11.0. The number of aryl methyl sites for hydroxylation is 1. The molecule has 2 N–H and O–H groups in total. The standard InChI is InChI=1S/C27H38N2O5S/c1-4-6-18-35-19-16-29(27(32)28-23-11-7-21(3)8-12-23)15-17-34-24-13-9-22(10-14-24)20-25(26(30)31)33-5-2/h7-14,25H,4-6,15-20H2,1-3H3,(H,28,32)(H,30,31). The number of thioether (sulfide) groups is 1. The molecule has 2 rings (SSSR count). The Labute approximate surface area is 213 Å². The average Bonchev–Trinajstić information content (AvgIpc) is 2.84. The molecule has 8 heteroatoms. The van der Waals surface area contributed by atoms with Crippen molar-refractivity contribution in [3.63, 3.8) is 0 Å². The summed E-state index contributed by atoms with van der Waals surface area (Å²) in [6.07, 6.45) is 1.78. The fourth-order valence-corrected chi connectivity index (χ4v) is 4.35. The van der Waals surface area contributed by atoms with Gasteiger partial charge >= 0.3 is 12.0 Å². The largest absolute Gasteiger partial charge is 0.492 e. The Morgan fingerprint density at radius 2 is 1.74 bits per heavy atom. The first kappa shape index (κ1) is 28.5. The lowest BCUT2D eigenvalue weighted by Crippen LogP contribution is -2.39. The Morgan fingerprint density at radius 3 is 2.37 bits per heavy atom. The molecule has 2 aromatic rings. The molecule has 0 aliphatic heterocycles. The summed E-state index contributed by atoms with van der Waals surface area (Å²) < 4.78 is 11.2. The maximum atomic E-state index is 12.9. The Balaban J connectivity index is 1.89. The minimum absolute atomic E-state index is 0.139. The summed E-state index contributed by atoms with van der Waals surface area (Å²) in [7, 11) is 0. The van der Waals surface area contributed by atoms with Crippen LogP contribution >= 0.6 is 11.8 Å². The third-order valence-electron chi connectivity index (χ3n) is 5.36. The van der Waals surface area contributed by atoms with Crippen molar-refractivity contribution in [1.29, 1.82) is 0 Å². The van der Waals surface area contributed by atoms with Gasteiger partial charge in [0, 0.05) is 31.0 Å². The number of hydrogen-bond acceptors (Lipinski definition) is 5. The van der Waals surface area contributed by atoms with Crippen molar-refractivity contribution in [2.75, 3.05) is 43.1 Å². The number of benzene rings is 2. The van der Waals surface area contributed by atoms with Gasteiger partial charge < -0.3 is 24.8 Å². The molecule has 2 aromatic carbocycles. The molecule has 0 aliphatic rings. The maximum Gasteiger partial charge on any atom is 0.333 e. The van der Waals surface area contributed by atoms with Gasteiger partial charge in [-0.3, -0.25) is 0 Å². The molecule has 0 radical (unpaired) electrons. The Hall–Kier alpha value is -2.71. The molecule has 0 bridgehead atoms. The van der Waals surface area contributed by atoms with E-state index in [2.05, 4.69) is 12.2 Å². The minimum Gasteiger partial charge on any atom is -0.492 e. The Kier molecular flexibility index (Phi) is 13.1. The van der Waals surface area contributed by atoms with Crippen LogP contribution in [0, 0.1) is 6.92 Å². The zero-order chi connectivity index (χ0) is 25.5. The highest BCUT2D eigenvalue weighted by atomic mass is 32.2. The molecule has 0 saturated heterocycles. The van der Waals surface area contributed by atoms with Crippen molar-refractivity contribution in [1.82, 2.24) is 4.90 Å². The molecule has 0 fully saturated rings. The predicted molar refractivity (Wildman–Crippen MR) is 143 cm³/mol. The lowest BCUT2D eigenvalue weighted by Gasteiger charge is -2.23. The first-order valence-corrected chi connectivity index (χ1v) is 13.3. The summed E-state index contributed by atoms with van der Waals surface area (Å²) in [6, 6.07) is 14.9. The van der Waals surface area contributed by atoms with Crippen LogP contribution in [0.25, 0.3) is 0 Å². The van der Waals surface area contributed by atoms with Crippen molar-refractivity contribution >= 4 is 29.4 Å². The summed E-state index contributed by atoms with van der Waals surface area (Å²) in [6.45, 7) is 7.77. The number of carbonyl (C=O) groups is 2. The number of aliphatic carboxylic acids is 1. The highest BCUT2D eigenvalue weighted by molar-refractivity contribution is 7.99. The van der Waals surface area contributed by atoms with Crippen LogP contribution in [0.3, 0.4) is 0 Å². The molecule has 0 aromatic heterocycles. The number of nitrogens with zero attached hydrogens (tertiary/aromatic N) is 1. The number of anilines is 1. The zero-order valence-corrected chi connectivity index (χ0v) is 21.8. The lowest BCUT2D eigenvalue weighted by atomic mass is 10.1. The van der Waals surface area contributed by atoms with E-state index in [1.807, 2.05) is 67.2 Å². The van der Waals surface area contributed by atoms with Crippen LogP contribution in [0.2, 0.25) is 0 Å². The number of unbranched alkanes of at least 4 members (excludes halogenated alkanes) is 1. The zero-order valence-electron chi connectivity index (χ0n) is 21.0. The van der Waals surface area contributed by atoms with E-state index < -0.39 is 12.1 Å². The van der Waals surface area contributed by atoms with E-state index in [1.54, 1.807) is 11.8 Å². The number of hydrogen-bond donors (Lipinski definition) is 2. The third-order valence-corrected chi connectivity index (χ3v) is 6.40. The van der Waals surface area contributed by atoms with Gasteiger partial charge in [0.2, 0.25) is 0 Å². The normalized spacial score (nSPS) is 11.6. The fraction of sp³-hybridized carbons (Fsp3) is 0.481. The Bertz CT molecular complexity index is 889. The van der Waals surface area contributed by atoms with Crippen LogP contribution in [0.1, 0.15) is 37.8 Å². The van der Waals surface area contributed by atoms with Crippen LogP contribution in [-0.4, -0.2) is 65.9 Å². The van der Waals surface area contributed by atoms with E-state index in [9.17, 15) is 14.7 Å². The van der Waals surface area contributed by atoms with Crippen molar-refractivity contribution in [3.8, 4) is 5.75 Å². The summed E-state index contributed by atoms with van der Waals surface area (Å²) in [5.74, 6) is 1.68. The summed E-state index contributed by atoms with van der Waals surface area (Å²) >= 11 is 1.86. The predicted octanol–water partition coefficient (Wildman–Crippen LogP) is 5.47. The number of amides is 2. The molecule has 2 amide bonds. The van der Waals surface area contributed by atoms with Gasteiger partial charge in [-0.25, -0.2) is 9.59 Å². The number of ether oxygens (including phenoxy) is 2. The van der Waals surface area contributed by atoms with E-state index in [1.165, 1.54) is 12.8 Å². The number of carboxylic acids is 1. The molecule has 7 nitrogen and oxygen atoms in total. The van der Waals surface area contributed by atoms with Crippen molar-refractivity contribution < 1.29 is 24.2 Å². The number of carboxylic acid groups (broad SMARTS) is 1. The van der Waals surface area contributed by atoms with Crippen LogP contribution in [-0.2, 0) is 16.0 Å². The number of urea groups is 1. The SMILES string of the molecule is CCCCSCCN(CCOc1ccc(CC(OCC)C(=O)O)cc1)C(=O)Nc1ccc(C)cc1. The van der Waals surface area contributed by atoms with E-state index in [4.69, 9.17) is 9.47 Å². The van der Waals surface area contributed by atoms with Crippen LogP contribution in [0.5, 0.6) is 5.75 Å². The molecule has 35 heavy (non-hydrogen) atoms. The fourth-order valence-electron chi connectivity index (χ4n) is 3.31. The topological polar surface area (TPSA) is 88.1 Å².